The smallest absolute Gasteiger partial charge is 0.457 e. The van der Waals surface area contributed by atoms with Crippen LogP contribution in [0.2, 0.25) is 0 Å². The van der Waals surface area contributed by atoms with Crippen molar-refractivity contribution >= 4 is 6.16 Å². The third kappa shape index (κ3) is 3.24. The molecule has 0 bridgehead atoms. The van der Waals surface area contributed by atoms with Gasteiger partial charge in [0.15, 0.2) is 0 Å². The molecule has 0 saturated carbocycles. The zero-order valence-electron chi connectivity index (χ0n) is 17.0. The number of rotatable bonds is 2. The van der Waals surface area contributed by atoms with Gasteiger partial charge in [0.2, 0.25) is 0 Å². The molecule has 0 saturated heterocycles. The third-order valence-electron chi connectivity index (χ3n) is 5.69. The summed E-state index contributed by atoms with van der Waals surface area (Å²) >= 11 is 0. The second kappa shape index (κ2) is 7.46. The molecule has 0 aromatic heterocycles. The minimum absolute atomic E-state index is 0.424. The molecule has 4 aromatic carbocycles. The second-order valence-corrected chi connectivity index (χ2v) is 7.69. The summed E-state index contributed by atoms with van der Waals surface area (Å²) < 4.78 is 23.2. The summed E-state index contributed by atoms with van der Waals surface area (Å²) in [6.07, 6.45) is 0.421. The zero-order valence-corrected chi connectivity index (χ0v) is 17.0. The van der Waals surface area contributed by atoms with Crippen molar-refractivity contribution in [3.63, 3.8) is 0 Å². The molecule has 0 radical (unpaired) electrons. The van der Waals surface area contributed by atoms with Crippen LogP contribution in [0.25, 0.3) is 0 Å². The number of hydrogen-bond acceptors (Lipinski definition) is 5. The molecule has 2 heterocycles. The molecule has 0 amide bonds. The Hall–Kier alpha value is -4.25. The minimum atomic E-state index is -0.801. The molecule has 32 heavy (non-hydrogen) atoms. The fourth-order valence-corrected chi connectivity index (χ4v) is 4.14. The van der Waals surface area contributed by atoms with Crippen molar-refractivity contribution in [3.05, 3.63) is 107 Å². The van der Waals surface area contributed by atoms with E-state index in [0.29, 0.717) is 35.8 Å². The van der Waals surface area contributed by atoms with Gasteiger partial charge in [-0.25, -0.2) is 4.79 Å². The van der Waals surface area contributed by atoms with E-state index >= 15 is 0 Å². The Morgan fingerprint density at radius 2 is 1.00 bits per heavy atom. The fourth-order valence-electron chi connectivity index (χ4n) is 4.14. The standard InChI is InChI=1S/C27H18O5/c28-27(31-25-13-5-11-23-19(25)15-17-7-1-3-9-21(17)29-23)32-26-14-6-12-24-20(26)16-18-8-2-4-10-22(18)30-24/h1-14H,15-16H2. The van der Waals surface area contributed by atoms with Gasteiger partial charge in [0.25, 0.3) is 0 Å². The Labute approximate surface area is 184 Å². The zero-order chi connectivity index (χ0) is 21.5. The van der Waals surface area contributed by atoms with Gasteiger partial charge in [0, 0.05) is 24.0 Å². The SMILES string of the molecule is O=C(Oc1cccc2c1Cc1ccccc1O2)Oc1cccc2c1Cc1ccccc1O2. The molecule has 6 rings (SSSR count). The van der Waals surface area contributed by atoms with E-state index in [2.05, 4.69) is 0 Å². The molecule has 0 unspecified atom stereocenters. The van der Waals surface area contributed by atoms with Gasteiger partial charge < -0.3 is 18.9 Å². The van der Waals surface area contributed by atoms with Crippen molar-refractivity contribution in [2.75, 3.05) is 0 Å². The molecule has 5 heteroatoms. The monoisotopic (exact) mass is 422 g/mol. The summed E-state index contributed by atoms with van der Waals surface area (Å²) in [5.41, 5.74) is 3.71. The largest absolute Gasteiger partial charge is 0.519 e. The maximum atomic E-state index is 12.7. The molecular weight excluding hydrogens is 404 g/mol. The van der Waals surface area contributed by atoms with Crippen molar-refractivity contribution in [1.29, 1.82) is 0 Å². The van der Waals surface area contributed by atoms with Gasteiger partial charge in [-0.05, 0) is 47.5 Å². The van der Waals surface area contributed by atoms with Gasteiger partial charge in [0.05, 0.1) is 0 Å². The number of carbonyl (C=O) groups is 1. The quantitative estimate of drug-likeness (QED) is 0.231. The van der Waals surface area contributed by atoms with Gasteiger partial charge in [-0.1, -0.05) is 48.5 Å². The number of carbonyl (C=O) groups excluding carboxylic acids is 1. The van der Waals surface area contributed by atoms with E-state index in [0.717, 1.165) is 33.8 Å². The first-order chi connectivity index (χ1) is 15.7. The Morgan fingerprint density at radius 1 is 0.562 bits per heavy atom. The Morgan fingerprint density at radius 3 is 1.50 bits per heavy atom. The van der Waals surface area contributed by atoms with Crippen LogP contribution in [0.15, 0.2) is 84.9 Å². The maximum Gasteiger partial charge on any atom is 0.519 e. The summed E-state index contributed by atoms with van der Waals surface area (Å²) in [6, 6.07) is 26.5. The van der Waals surface area contributed by atoms with E-state index in [1.54, 1.807) is 24.3 Å². The van der Waals surface area contributed by atoms with Crippen LogP contribution in [0, 0.1) is 0 Å². The molecule has 0 atom stereocenters. The predicted octanol–water partition coefficient (Wildman–Crippen LogP) is 6.66. The molecule has 0 spiro atoms. The Balaban J connectivity index is 1.24. The third-order valence-corrected chi connectivity index (χ3v) is 5.69. The van der Waals surface area contributed by atoms with E-state index in [4.69, 9.17) is 18.9 Å². The fraction of sp³-hybridized carbons (Fsp3) is 0.0741. The molecular formula is C27H18O5. The second-order valence-electron chi connectivity index (χ2n) is 7.69. The summed E-state index contributed by atoms with van der Waals surface area (Å²) in [6.45, 7) is 0. The molecule has 0 N–H and O–H groups in total. The number of para-hydroxylation sites is 2. The molecule has 4 aromatic rings. The normalized spacial score (nSPS) is 12.8. The first-order valence-electron chi connectivity index (χ1n) is 10.4. The molecule has 2 aliphatic rings. The highest BCUT2D eigenvalue weighted by Crippen LogP contribution is 2.42. The molecule has 0 aliphatic carbocycles. The van der Waals surface area contributed by atoms with Crippen LogP contribution in [-0.2, 0) is 12.8 Å². The lowest BCUT2D eigenvalue weighted by molar-refractivity contribution is 0.150. The van der Waals surface area contributed by atoms with E-state index in [1.807, 2.05) is 60.7 Å². The van der Waals surface area contributed by atoms with Crippen molar-refractivity contribution in [2.45, 2.75) is 12.8 Å². The lowest BCUT2D eigenvalue weighted by atomic mass is 9.99. The van der Waals surface area contributed by atoms with Gasteiger partial charge in [-0.2, -0.15) is 0 Å². The van der Waals surface area contributed by atoms with Crippen LogP contribution in [0.3, 0.4) is 0 Å². The Kier molecular flexibility index (Phi) is 4.32. The van der Waals surface area contributed by atoms with Crippen molar-refractivity contribution in [3.8, 4) is 34.5 Å². The van der Waals surface area contributed by atoms with Crippen LogP contribution in [0.1, 0.15) is 22.3 Å². The summed E-state index contributed by atoms with van der Waals surface area (Å²) in [4.78, 5) is 12.7. The van der Waals surface area contributed by atoms with Crippen molar-refractivity contribution in [1.82, 2.24) is 0 Å². The van der Waals surface area contributed by atoms with E-state index in [9.17, 15) is 4.79 Å². The molecule has 0 fully saturated rings. The van der Waals surface area contributed by atoms with Gasteiger partial charge in [-0.3, -0.25) is 0 Å². The highest BCUT2D eigenvalue weighted by atomic mass is 16.7. The van der Waals surface area contributed by atoms with Gasteiger partial charge in [-0.15, -0.1) is 0 Å². The van der Waals surface area contributed by atoms with Crippen LogP contribution in [0.5, 0.6) is 34.5 Å². The van der Waals surface area contributed by atoms with Crippen LogP contribution in [-0.4, -0.2) is 6.16 Å². The number of hydrogen-bond donors (Lipinski definition) is 0. The summed E-state index contributed by atoms with van der Waals surface area (Å²) in [5.74, 6) is 3.83. The van der Waals surface area contributed by atoms with E-state index in [1.165, 1.54) is 0 Å². The van der Waals surface area contributed by atoms with Gasteiger partial charge in [0.1, 0.15) is 34.5 Å². The van der Waals surface area contributed by atoms with Gasteiger partial charge >= 0.3 is 6.16 Å². The first-order valence-corrected chi connectivity index (χ1v) is 10.4. The van der Waals surface area contributed by atoms with Crippen LogP contribution >= 0.6 is 0 Å². The topological polar surface area (TPSA) is 54.0 Å². The number of fused-ring (bicyclic) bond motifs is 4. The highest BCUT2D eigenvalue weighted by molar-refractivity contribution is 5.70. The number of ether oxygens (including phenoxy) is 4. The molecule has 5 nitrogen and oxygen atoms in total. The summed E-state index contributed by atoms with van der Waals surface area (Å²) in [5, 5.41) is 0. The first kappa shape index (κ1) is 18.5. The predicted molar refractivity (Wildman–Crippen MR) is 118 cm³/mol. The Bertz CT molecular complexity index is 1260. The van der Waals surface area contributed by atoms with E-state index in [-0.39, 0.29) is 0 Å². The van der Waals surface area contributed by atoms with Crippen molar-refractivity contribution in [2.24, 2.45) is 0 Å². The minimum Gasteiger partial charge on any atom is -0.457 e. The van der Waals surface area contributed by atoms with Crippen LogP contribution in [0.4, 0.5) is 4.79 Å². The number of benzene rings is 4. The lowest BCUT2D eigenvalue weighted by Crippen LogP contribution is -2.17. The maximum absolute atomic E-state index is 12.7. The summed E-state index contributed by atoms with van der Waals surface area (Å²) in [7, 11) is 0. The van der Waals surface area contributed by atoms with E-state index < -0.39 is 6.16 Å². The van der Waals surface area contributed by atoms with Crippen LogP contribution < -0.4 is 18.9 Å². The molecule has 156 valence electrons. The van der Waals surface area contributed by atoms with Crippen molar-refractivity contribution < 1.29 is 23.7 Å². The lowest BCUT2D eigenvalue weighted by Gasteiger charge is -2.23. The highest BCUT2D eigenvalue weighted by Gasteiger charge is 2.24. The average molecular weight is 422 g/mol. The molecule has 2 aliphatic heterocycles. The average Bonchev–Trinajstić information content (AvgIpc) is 2.82.